The van der Waals surface area contributed by atoms with E-state index in [0.29, 0.717) is 24.2 Å². The predicted molar refractivity (Wildman–Crippen MR) is 138 cm³/mol. The highest BCUT2D eigenvalue weighted by atomic mass is 32.2. The summed E-state index contributed by atoms with van der Waals surface area (Å²) >= 11 is 1.50. The molecule has 0 fully saturated rings. The predicted octanol–water partition coefficient (Wildman–Crippen LogP) is 7.68. The molecule has 0 amide bonds. The molecule has 0 saturated carbocycles. The van der Waals surface area contributed by atoms with Crippen LogP contribution in [-0.2, 0) is 23.8 Å². The van der Waals surface area contributed by atoms with Crippen LogP contribution in [-0.4, -0.2) is 23.2 Å². The molecule has 6 heteroatoms. The molecule has 1 atom stereocenters. The number of aliphatic hydroxyl groups excluding tert-OH is 1. The number of hydrogen-bond acceptors (Lipinski definition) is 3. The zero-order valence-electron chi connectivity index (χ0n) is 21.2. The van der Waals surface area contributed by atoms with Gasteiger partial charge < -0.3 is 5.11 Å². The second-order valence-corrected chi connectivity index (χ2v) is 11.2. The summed E-state index contributed by atoms with van der Waals surface area (Å²) in [6.07, 6.45) is -1.67. The molecule has 0 heterocycles. The molecule has 0 saturated heterocycles. The Morgan fingerprint density at radius 2 is 1.57 bits per heavy atom. The lowest BCUT2D eigenvalue weighted by atomic mass is 9.68. The van der Waals surface area contributed by atoms with Crippen LogP contribution in [0, 0.1) is 18.3 Å². The van der Waals surface area contributed by atoms with Crippen LogP contribution >= 0.6 is 11.8 Å². The number of aryl methyl sites for hydroxylation is 3. The van der Waals surface area contributed by atoms with Crippen molar-refractivity contribution in [3.8, 4) is 0 Å². The van der Waals surface area contributed by atoms with Crippen molar-refractivity contribution in [2.75, 3.05) is 12.4 Å². The Morgan fingerprint density at radius 3 is 2.06 bits per heavy atom. The minimum Gasteiger partial charge on any atom is -0.392 e. The van der Waals surface area contributed by atoms with Crippen molar-refractivity contribution in [2.45, 2.75) is 71.4 Å². The summed E-state index contributed by atoms with van der Waals surface area (Å²) in [5.41, 5.74) is 5.07. The van der Waals surface area contributed by atoms with Crippen LogP contribution in [0.2, 0.25) is 0 Å². The standard InChI is InChI=1S/C29H35F3O2S/c1-6-19-12-18(3)13-20(7-2)26(19)27-21(16-33)14-23(15-25(27)34)28(4,5)17-35-24-10-8-22(9-11-24)29(30,31)32/h8-13,23,33H,6-7,14-17H2,1-5H3. The normalized spacial score (nSPS) is 17.3. The van der Waals surface area contributed by atoms with E-state index in [1.165, 1.54) is 29.5 Å². The van der Waals surface area contributed by atoms with Crippen molar-refractivity contribution >= 4 is 23.1 Å². The average molecular weight is 505 g/mol. The van der Waals surface area contributed by atoms with Crippen LogP contribution in [0.4, 0.5) is 13.2 Å². The fourth-order valence-electron chi connectivity index (χ4n) is 4.96. The SMILES string of the molecule is CCc1cc(C)cc(CC)c1C1=C(CO)CC(C(C)(C)CSc2ccc(C(F)(F)F)cc2)CC1=O. The molecule has 1 aliphatic rings. The number of benzene rings is 2. The van der Waals surface area contributed by atoms with Gasteiger partial charge in [-0.3, -0.25) is 4.79 Å². The summed E-state index contributed by atoms with van der Waals surface area (Å²) in [4.78, 5) is 14.3. The number of ketones is 1. The first-order valence-corrected chi connectivity index (χ1v) is 13.2. The van der Waals surface area contributed by atoms with Gasteiger partial charge >= 0.3 is 6.18 Å². The molecule has 0 bridgehead atoms. The summed E-state index contributed by atoms with van der Waals surface area (Å²) < 4.78 is 38.6. The maximum atomic E-state index is 13.6. The molecule has 35 heavy (non-hydrogen) atoms. The van der Waals surface area contributed by atoms with Crippen molar-refractivity contribution in [1.29, 1.82) is 0 Å². The van der Waals surface area contributed by atoms with Crippen molar-refractivity contribution in [3.63, 3.8) is 0 Å². The van der Waals surface area contributed by atoms with Crippen molar-refractivity contribution < 1.29 is 23.1 Å². The summed E-state index contributed by atoms with van der Waals surface area (Å²) in [6, 6.07) is 9.50. The van der Waals surface area contributed by atoms with Gasteiger partial charge in [0, 0.05) is 22.6 Å². The molecule has 1 N–H and O–H groups in total. The van der Waals surface area contributed by atoms with Gasteiger partial charge in [-0.15, -0.1) is 11.8 Å². The summed E-state index contributed by atoms with van der Waals surface area (Å²) in [7, 11) is 0. The minimum atomic E-state index is -4.34. The Hall–Kier alpha value is -2.05. The van der Waals surface area contributed by atoms with Gasteiger partial charge in [0.1, 0.15) is 0 Å². The summed E-state index contributed by atoms with van der Waals surface area (Å²) in [6.45, 7) is 10.3. The molecule has 0 spiro atoms. The number of carbonyl (C=O) groups excluding carboxylic acids is 1. The largest absolute Gasteiger partial charge is 0.416 e. The molecule has 0 aliphatic heterocycles. The van der Waals surface area contributed by atoms with Gasteiger partial charge in [-0.1, -0.05) is 45.4 Å². The van der Waals surface area contributed by atoms with Crippen LogP contribution in [0.25, 0.3) is 5.57 Å². The second kappa shape index (κ2) is 10.9. The molecule has 2 aromatic carbocycles. The van der Waals surface area contributed by atoms with E-state index in [9.17, 15) is 23.1 Å². The van der Waals surface area contributed by atoms with Crippen LogP contribution < -0.4 is 0 Å². The van der Waals surface area contributed by atoms with Gasteiger partial charge in [-0.05, 0) is 84.0 Å². The smallest absolute Gasteiger partial charge is 0.392 e. The topological polar surface area (TPSA) is 37.3 Å². The number of rotatable bonds is 8. The zero-order chi connectivity index (χ0) is 26.0. The van der Waals surface area contributed by atoms with Gasteiger partial charge in [-0.2, -0.15) is 13.2 Å². The van der Waals surface area contributed by atoms with E-state index in [1.807, 2.05) is 0 Å². The van der Waals surface area contributed by atoms with E-state index in [0.717, 1.165) is 52.1 Å². The average Bonchev–Trinajstić information content (AvgIpc) is 2.81. The van der Waals surface area contributed by atoms with Crippen molar-refractivity contribution in [3.05, 3.63) is 69.8 Å². The van der Waals surface area contributed by atoms with E-state index >= 15 is 0 Å². The number of hydrogen-bond donors (Lipinski definition) is 1. The lowest BCUT2D eigenvalue weighted by Gasteiger charge is -2.38. The molecule has 3 rings (SSSR count). The molecule has 2 nitrogen and oxygen atoms in total. The number of aliphatic hydroxyl groups is 1. The zero-order valence-corrected chi connectivity index (χ0v) is 22.0. The van der Waals surface area contributed by atoms with E-state index in [-0.39, 0.29) is 23.7 Å². The first-order valence-electron chi connectivity index (χ1n) is 12.2. The van der Waals surface area contributed by atoms with E-state index < -0.39 is 11.7 Å². The van der Waals surface area contributed by atoms with Gasteiger partial charge in [0.25, 0.3) is 0 Å². The summed E-state index contributed by atoms with van der Waals surface area (Å²) in [5.74, 6) is 0.782. The molecule has 190 valence electrons. The molecular formula is C29H35F3O2S. The fraction of sp³-hybridized carbons (Fsp3) is 0.483. The highest BCUT2D eigenvalue weighted by molar-refractivity contribution is 7.99. The second-order valence-electron chi connectivity index (χ2n) is 10.1. The molecule has 0 radical (unpaired) electrons. The molecule has 1 aliphatic carbocycles. The Bertz CT molecular complexity index is 1070. The number of Topliss-reactive ketones (excluding diaryl/α,β-unsaturated/α-hetero) is 1. The monoisotopic (exact) mass is 504 g/mol. The quantitative estimate of drug-likeness (QED) is 0.375. The molecular weight excluding hydrogens is 469 g/mol. The number of halogens is 3. The van der Waals surface area contributed by atoms with E-state index in [1.54, 1.807) is 0 Å². The van der Waals surface area contributed by atoms with Crippen LogP contribution in [0.3, 0.4) is 0 Å². The maximum Gasteiger partial charge on any atom is 0.416 e. The Morgan fingerprint density at radius 1 is 1.00 bits per heavy atom. The fourth-order valence-corrected chi connectivity index (χ4v) is 6.06. The van der Waals surface area contributed by atoms with E-state index in [2.05, 4.69) is 46.8 Å². The number of allylic oxidation sites excluding steroid dienone is 1. The number of carbonyl (C=O) groups is 1. The lowest BCUT2D eigenvalue weighted by molar-refractivity contribution is -0.137. The van der Waals surface area contributed by atoms with E-state index in [4.69, 9.17) is 0 Å². The van der Waals surface area contributed by atoms with Gasteiger partial charge in [0.05, 0.1) is 12.2 Å². The molecule has 0 aromatic heterocycles. The number of thioether (sulfide) groups is 1. The third-order valence-electron chi connectivity index (χ3n) is 7.10. The van der Waals surface area contributed by atoms with Crippen molar-refractivity contribution in [1.82, 2.24) is 0 Å². The van der Waals surface area contributed by atoms with Gasteiger partial charge in [0.2, 0.25) is 0 Å². The summed E-state index contributed by atoms with van der Waals surface area (Å²) in [5, 5.41) is 10.3. The molecule has 2 aromatic rings. The van der Waals surface area contributed by atoms with Crippen LogP contribution in [0.5, 0.6) is 0 Å². The third kappa shape index (κ3) is 6.21. The Labute approximate surface area is 211 Å². The Kier molecular flexibility index (Phi) is 8.59. The lowest BCUT2D eigenvalue weighted by Crippen LogP contribution is -2.33. The minimum absolute atomic E-state index is 0.0449. The number of alkyl halides is 3. The van der Waals surface area contributed by atoms with Gasteiger partial charge in [0.15, 0.2) is 5.78 Å². The maximum absolute atomic E-state index is 13.6. The van der Waals surface area contributed by atoms with Crippen LogP contribution in [0.15, 0.2) is 46.9 Å². The Balaban J connectivity index is 1.85. The highest BCUT2D eigenvalue weighted by Crippen LogP contribution is 2.45. The highest BCUT2D eigenvalue weighted by Gasteiger charge is 2.38. The molecule has 1 unspecified atom stereocenters. The van der Waals surface area contributed by atoms with Crippen molar-refractivity contribution in [2.24, 2.45) is 11.3 Å². The van der Waals surface area contributed by atoms with Crippen LogP contribution in [0.1, 0.15) is 68.4 Å². The van der Waals surface area contributed by atoms with Gasteiger partial charge in [-0.25, -0.2) is 0 Å². The third-order valence-corrected chi connectivity index (χ3v) is 8.60. The first-order chi connectivity index (χ1) is 16.4. The first kappa shape index (κ1) is 27.5.